The van der Waals surface area contributed by atoms with Gasteiger partial charge in [-0.1, -0.05) is 13.0 Å². The fourth-order valence-electron chi connectivity index (χ4n) is 6.00. The van der Waals surface area contributed by atoms with Gasteiger partial charge >= 0.3 is 6.18 Å². The van der Waals surface area contributed by atoms with E-state index in [0.29, 0.717) is 5.82 Å². The number of piperidine rings is 1. The number of amides is 2. The number of alkyl halides is 3. The number of fused-ring (bicyclic) bond motifs is 4. The van der Waals surface area contributed by atoms with Crippen LogP contribution in [0.2, 0.25) is 0 Å². The molecule has 0 radical (unpaired) electrons. The smallest absolute Gasteiger partial charge is 0.417 e. The Kier molecular flexibility index (Phi) is 7.24. The molecular formula is C27H29F5N4O4. The summed E-state index contributed by atoms with van der Waals surface area (Å²) in [4.78, 5) is 34.4. The number of rotatable bonds is 5. The topological polar surface area (TPSA) is 84.0 Å². The van der Waals surface area contributed by atoms with Crippen molar-refractivity contribution in [3.63, 3.8) is 0 Å². The van der Waals surface area contributed by atoms with Crippen LogP contribution in [-0.4, -0.2) is 72.4 Å². The molecule has 6 rings (SSSR count). The second-order valence-electron chi connectivity index (χ2n) is 10.6. The summed E-state index contributed by atoms with van der Waals surface area (Å²) in [5, 5.41) is 2.58. The van der Waals surface area contributed by atoms with Crippen molar-refractivity contribution < 1.29 is 41.0 Å². The summed E-state index contributed by atoms with van der Waals surface area (Å²) in [6, 6.07) is 4.75. The van der Waals surface area contributed by atoms with E-state index in [4.69, 9.17) is 9.47 Å². The molecule has 4 fully saturated rings. The molecule has 40 heavy (non-hydrogen) atoms. The fraction of sp³-hybridized carbons (Fsp3) is 0.519. The zero-order valence-corrected chi connectivity index (χ0v) is 22.1. The Morgan fingerprint density at radius 1 is 1.20 bits per heavy atom. The van der Waals surface area contributed by atoms with Gasteiger partial charge in [0.15, 0.2) is 17.2 Å². The van der Waals surface area contributed by atoms with E-state index in [1.807, 2.05) is 0 Å². The molecule has 13 heteroatoms. The molecular weight excluding hydrogens is 539 g/mol. The van der Waals surface area contributed by atoms with Gasteiger partial charge in [-0.25, -0.2) is 9.37 Å². The highest BCUT2D eigenvalue weighted by Crippen LogP contribution is 2.55. The van der Waals surface area contributed by atoms with Crippen molar-refractivity contribution in [2.24, 2.45) is 5.92 Å². The van der Waals surface area contributed by atoms with Crippen LogP contribution in [0.5, 0.6) is 5.75 Å². The molecule has 1 aromatic carbocycles. The van der Waals surface area contributed by atoms with Gasteiger partial charge in [0.1, 0.15) is 11.9 Å². The summed E-state index contributed by atoms with van der Waals surface area (Å²) < 4.78 is 81.6. The van der Waals surface area contributed by atoms with E-state index in [9.17, 15) is 31.5 Å². The highest BCUT2D eigenvalue weighted by atomic mass is 19.4. The van der Waals surface area contributed by atoms with E-state index in [-0.39, 0.29) is 29.7 Å². The van der Waals surface area contributed by atoms with Crippen LogP contribution in [-0.2, 0) is 14.3 Å². The molecule has 0 spiro atoms. The first-order valence-corrected chi connectivity index (χ1v) is 12.9. The van der Waals surface area contributed by atoms with Gasteiger partial charge < -0.3 is 14.8 Å². The Balaban J connectivity index is 1.48. The minimum Gasteiger partial charge on any atom is -0.493 e. The second-order valence-corrected chi connectivity index (χ2v) is 10.6. The van der Waals surface area contributed by atoms with Gasteiger partial charge in [0.2, 0.25) is 11.7 Å². The number of benzene rings is 1. The highest BCUT2D eigenvalue weighted by molar-refractivity contribution is 5.98. The van der Waals surface area contributed by atoms with E-state index >= 15 is 0 Å². The number of nitrogens with zero attached hydrogens (tertiary/aromatic N) is 3. The number of carbonyl (C=O) groups is 2. The van der Waals surface area contributed by atoms with E-state index in [0.717, 1.165) is 52.1 Å². The average molecular weight is 569 g/mol. The zero-order chi connectivity index (χ0) is 29.0. The summed E-state index contributed by atoms with van der Waals surface area (Å²) >= 11 is 0. The number of nitrogens with one attached hydrogen (secondary N) is 1. The van der Waals surface area contributed by atoms with E-state index in [1.165, 1.54) is 25.3 Å². The lowest BCUT2D eigenvalue weighted by Crippen LogP contribution is -2.47. The molecule has 1 N–H and O–H groups in total. The van der Waals surface area contributed by atoms with E-state index < -0.39 is 53.0 Å². The molecule has 5 heterocycles. The van der Waals surface area contributed by atoms with Crippen molar-refractivity contribution in [1.29, 1.82) is 0 Å². The maximum atomic E-state index is 14.6. The Morgan fingerprint density at radius 3 is 2.55 bits per heavy atom. The highest BCUT2D eigenvalue weighted by Gasteiger charge is 2.66. The van der Waals surface area contributed by atoms with Gasteiger partial charge in [-0.2, -0.15) is 17.6 Å². The van der Waals surface area contributed by atoms with Gasteiger partial charge in [-0.3, -0.25) is 19.4 Å². The molecule has 0 aliphatic carbocycles. The minimum atomic E-state index is -4.88. The fourth-order valence-corrected chi connectivity index (χ4v) is 6.00. The largest absolute Gasteiger partial charge is 0.493 e. The van der Waals surface area contributed by atoms with Gasteiger partial charge in [0.05, 0.1) is 13.7 Å². The number of hydrogen-bond donors (Lipinski definition) is 1. The van der Waals surface area contributed by atoms with E-state index in [2.05, 4.69) is 15.2 Å². The van der Waals surface area contributed by atoms with Crippen molar-refractivity contribution in [2.45, 2.75) is 56.5 Å². The number of anilines is 2. The number of aromatic nitrogens is 1. The first-order valence-electron chi connectivity index (χ1n) is 12.9. The second kappa shape index (κ2) is 10.3. The number of hydrogen-bond acceptors (Lipinski definition) is 6. The van der Waals surface area contributed by atoms with Gasteiger partial charge in [-0.05, 0) is 31.9 Å². The van der Waals surface area contributed by atoms with Crippen molar-refractivity contribution in [3.8, 4) is 5.75 Å². The lowest BCUT2D eigenvalue weighted by Gasteiger charge is -2.32. The minimum absolute atomic E-state index is 0.0542. The molecule has 2 amide bonds. The van der Waals surface area contributed by atoms with Crippen LogP contribution in [0.15, 0.2) is 30.5 Å². The van der Waals surface area contributed by atoms with Crippen LogP contribution in [0.3, 0.4) is 0 Å². The maximum Gasteiger partial charge on any atom is 0.417 e. The van der Waals surface area contributed by atoms with Crippen LogP contribution in [0.4, 0.5) is 33.5 Å². The Morgan fingerprint density at radius 2 is 1.90 bits per heavy atom. The molecule has 0 saturated carbocycles. The molecule has 1 aromatic heterocycles. The number of carbonyl (C=O) groups excluding carboxylic acids is 2. The number of ether oxygens (including phenoxy) is 2. The van der Waals surface area contributed by atoms with Gasteiger partial charge in [0.25, 0.3) is 5.91 Å². The first kappa shape index (κ1) is 28.2. The summed E-state index contributed by atoms with van der Waals surface area (Å²) in [6.45, 7) is 3.88. The van der Waals surface area contributed by atoms with Gasteiger partial charge in [-0.15, -0.1) is 0 Å². The summed E-state index contributed by atoms with van der Waals surface area (Å²) in [6.07, 6.45) is -3.68. The zero-order valence-electron chi connectivity index (χ0n) is 22.1. The standard InChI is InChI=1S/C27H29F5N4O4/c1-14-21(17-4-5-18(28)22(29)23(17)39-3)24(40-26(14,2)27(30,31)32)25(38)34-15-6-9-33-19(12-15)36-16-7-10-35(11-8-16)13-20(36)37/h4-6,9,12,14,16,21,24H,7-8,10-11,13H2,1-3H3,(H,33,34,38)/t14-,21-,24+,26+/m0/s1. The summed E-state index contributed by atoms with van der Waals surface area (Å²) in [5.74, 6) is -6.68. The quantitative estimate of drug-likeness (QED) is 0.543. The van der Waals surface area contributed by atoms with Crippen LogP contribution in [0.1, 0.15) is 38.2 Å². The molecule has 0 unspecified atom stereocenters. The van der Waals surface area contributed by atoms with E-state index in [1.54, 1.807) is 4.90 Å². The Hall–Kier alpha value is -3.32. The third-order valence-corrected chi connectivity index (χ3v) is 8.38. The van der Waals surface area contributed by atoms with Gasteiger partial charge in [0, 0.05) is 54.5 Å². The molecule has 4 atom stereocenters. The summed E-state index contributed by atoms with van der Waals surface area (Å²) in [7, 11) is 1.06. The number of methoxy groups -OCH3 is 1. The Labute approximate surface area is 227 Å². The van der Waals surface area contributed by atoms with Crippen LogP contribution < -0.4 is 15.0 Å². The third-order valence-electron chi connectivity index (χ3n) is 8.38. The van der Waals surface area contributed by atoms with Crippen LogP contribution >= 0.6 is 0 Å². The predicted molar refractivity (Wildman–Crippen MR) is 134 cm³/mol. The molecule has 8 nitrogen and oxygen atoms in total. The van der Waals surface area contributed by atoms with Crippen LogP contribution in [0.25, 0.3) is 0 Å². The molecule has 2 aromatic rings. The van der Waals surface area contributed by atoms with Crippen molar-refractivity contribution >= 4 is 23.3 Å². The molecule has 4 aliphatic heterocycles. The van der Waals surface area contributed by atoms with Crippen molar-refractivity contribution in [3.05, 3.63) is 47.7 Å². The predicted octanol–water partition coefficient (Wildman–Crippen LogP) is 4.26. The number of halogens is 5. The normalized spacial score (nSPS) is 30.4. The molecule has 2 bridgehead atoms. The number of pyridine rings is 1. The maximum absolute atomic E-state index is 14.6. The SMILES string of the molecule is COc1c([C@H]2[C@H](C(=O)Nc3ccnc(N4C(=O)CN5CCC4CC5)c3)O[C@@](C)(C(F)(F)F)[C@H]2C)ccc(F)c1F. The molecule has 4 saturated heterocycles. The lowest BCUT2D eigenvalue weighted by atomic mass is 9.77. The lowest BCUT2D eigenvalue weighted by molar-refractivity contribution is -0.272. The van der Waals surface area contributed by atoms with Crippen LogP contribution in [0, 0.1) is 17.6 Å². The molecule has 216 valence electrons. The molecule has 4 aliphatic rings. The Bertz CT molecular complexity index is 1320. The third kappa shape index (κ3) is 4.68. The van der Waals surface area contributed by atoms with Crippen molar-refractivity contribution in [1.82, 2.24) is 9.88 Å². The summed E-state index contributed by atoms with van der Waals surface area (Å²) in [5.41, 5.74) is -2.71. The average Bonchev–Trinajstić information content (AvgIpc) is 3.00. The van der Waals surface area contributed by atoms with Crippen molar-refractivity contribution in [2.75, 3.05) is 37.0 Å². The first-order chi connectivity index (χ1) is 18.9. The monoisotopic (exact) mass is 568 g/mol.